The largest absolute Gasteiger partial charge is 0.323 e. The number of hydrogen-bond acceptors (Lipinski definition) is 2. The van der Waals surface area contributed by atoms with Crippen LogP contribution in [0.1, 0.15) is 47.0 Å². The molecular formula is C13H24N2O. The predicted molar refractivity (Wildman–Crippen MR) is 64.9 cm³/mol. The number of nitrogens with one attached hydrogen (secondary N) is 1. The molecule has 1 N–H and O–H groups in total. The molecule has 2 rings (SSSR count). The first kappa shape index (κ1) is 11.9. The first-order chi connectivity index (χ1) is 7.49. The highest BCUT2D eigenvalue weighted by Crippen LogP contribution is 2.34. The van der Waals surface area contributed by atoms with Crippen molar-refractivity contribution in [1.82, 2.24) is 10.2 Å². The van der Waals surface area contributed by atoms with Gasteiger partial charge in [0.25, 0.3) is 0 Å². The van der Waals surface area contributed by atoms with Crippen molar-refractivity contribution >= 4 is 5.91 Å². The van der Waals surface area contributed by atoms with Crippen LogP contribution in [-0.2, 0) is 4.79 Å². The van der Waals surface area contributed by atoms with Crippen molar-refractivity contribution in [3.05, 3.63) is 0 Å². The average molecular weight is 224 g/mol. The Bertz CT molecular complexity index is 271. The third-order valence-corrected chi connectivity index (χ3v) is 3.86. The van der Waals surface area contributed by atoms with Crippen molar-refractivity contribution in [3.63, 3.8) is 0 Å². The van der Waals surface area contributed by atoms with E-state index in [1.165, 1.54) is 12.8 Å². The van der Waals surface area contributed by atoms with E-state index in [0.29, 0.717) is 17.9 Å². The van der Waals surface area contributed by atoms with Gasteiger partial charge >= 0.3 is 0 Å². The SMILES string of the molecule is CC(C)CC1NC(C)N(C2CC(C)C2)C1=O. The van der Waals surface area contributed by atoms with Crippen molar-refractivity contribution in [1.29, 1.82) is 0 Å². The van der Waals surface area contributed by atoms with E-state index in [0.717, 1.165) is 12.3 Å². The average Bonchev–Trinajstić information content (AvgIpc) is 2.37. The zero-order chi connectivity index (χ0) is 11.9. The van der Waals surface area contributed by atoms with Crippen molar-refractivity contribution in [2.24, 2.45) is 11.8 Å². The molecule has 1 aliphatic carbocycles. The highest BCUT2D eigenvalue weighted by atomic mass is 16.2. The van der Waals surface area contributed by atoms with Gasteiger partial charge in [0, 0.05) is 6.04 Å². The van der Waals surface area contributed by atoms with E-state index >= 15 is 0 Å². The van der Waals surface area contributed by atoms with Crippen LogP contribution in [0.2, 0.25) is 0 Å². The molecular weight excluding hydrogens is 200 g/mol. The first-order valence-electron chi connectivity index (χ1n) is 6.57. The molecule has 1 heterocycles. The molecule has 2 aliphatic rings. The molecule has 3 nitrogen and oxygen atoms in total. The number of nitrogens with zero attached hydrogens (tertiary/aromatic N) is 1. The molecule has 2 atom stereocenters. The quantitative estimate of drug-likeness (QED) is 0.795. The monoisotopic (exact) mass is 224 g/mol. The number of amides is 1. The summed E-state index contributed by atoms with van der Waals surface area (Å²) in [5.74, 6) is 1.71. The number of carbonyl (C=O) groups is 1. The van der Waals surface area contributed by atoms with Gasteiger partial charge in [-0.3, -0.25) is 10.1 Å². The van der Waals surface area contributed by atoms with Gasteiger partial charge in [-0.15, -0.1) is 0 Å². The van der Waals surface area contributed by atoms with Crippen LogP contribution < -0.4 is 5.32 Å². The maximum Gasteiger partial charge on any atom is 0.241 e. The molecule has 1 saturated carbocycles. The summed E-state index contributed by atoms with van der Waals surface area (Å²) >= 11 is 0. The van der Waals surface area contributed by atoms with E-state index in [2.05, 4.69) is 37.9 Å². The lowest BCUT2D eigenvalue weighted by Gasteiger charge is -2.41. The van der Waals surface area contributed by atoms with Crippen LogP contribution >= 0.6 is 0 Å². The minimum absolute atomic E-state index is 0.0610. The third kappa shape index (κ3) is 2.10. The number of rotatable bonds is 3. The van der Waals surface area contributed by atoms with E-state index in [4.69, 9.17) is 0 Å². The van der Waals surface area contributed by atoms with Gasteiger partial charge in [0.15, 0.2) is 0 Å². The van der Waals surface area contributed by atoms with Crippen molar-refractivity contribution < 1.29 is 4.79 Å². The van der Waals surface area contributed by atoms with Crippen molar-refractivity contribution in [2.45, 2.75) is 65.2 Å². The fourth-order valence-corrected chi connectivity index (χ4v) is 3.04. The lowest BCUT2D eigenvalue weighted by molar-refractivity contribution is -0.134. The molecule has 1 amide bonds. The molecule has 0 aromatic rings. The summed E-state index contributed by atoms with van der Waals surface area (Å²) in [7, 11) is 0. The molecule has 2 unspecified atom stereocenters. The van der Waals surface area contributed by atoms with Crippen LogP contribution in [-0.4, -0.2) is 29.1 Å². The number of hydrogen-bond donors (Lipinski definition) is 1. The summed E-state index contributed by atoms with van der Waals surface area (Å²) in [6, 6.07) is 0.563. The van der Waals surface area contributed by atoms with E-state index in [9.17, 15) is 4.79 Å². The second-order valence-corrected chi connectivity index (χ2v) is 6.00. The fraction of sp³-hybridized carbons (Fsp3) is 0.923. The van der Waals surface area contributed by atoms with Gasteiger partial charge in [0.05, 0.1) is 12.2 Å². The molecule has 3 heteroatoms. The molecule has 0 bridgehead atoms. The van der Waals surface area contributed by atoms with Gasteiger partial charge in [-0.25, -0.2) is 0 Å². The second-order valence-electron chi connectivity index (χ2n) is 6.00. The lowest BCUT2D eigenvalue weighted by atomic mass is 9.80. The zero-order valence-corrected chi connectivity index (χ0v) is 10.9. The molecule has 16 heavy (non-hydrogen) atoms. The Morgan fingerprint density at radius 3 is 2.50 bits per heavy atom. The Kier molecular flexibility index (Phi) is 3.24. The number of carbonyl (C=O) groups excluding carboxylic acids is 1. The fourth-order valence-electron chi connectivity index (χ4n) is 3.04. The van der Waals surface area contributed by atoms with E-state index in [1.54, 1.807) is 0 Å². The summed E-state index contributed by atoms with van der Waals surface area (Å²) < 4.78 is 0. The lowest BCUT2D eigenvalue weighted by Crippen LogP contribution is -2.49. The highest BCUT2D eigenvalue weighted by molar-refractivity contribution is 5.84. The van der Waals surface area contributed by atoms with Crippen LogP contribution in [0.3, 0.4) is 0 Å². The summed E-state index contributed by atoms with van der Waals surface area (Å²) in [6.07, 6.45) is 3.56. The van der Waals surface area contributed by atoms with E-state index in [-0.39, 0.29) is 12.2 Å². The zero-order valence-electron chi connectivity index (χ0n) is 10.9. The first-order valence-corrected chi connectivity index (χ1v) is 6.57. The standard InChI is InChI=1S/C13H24N2O/c1-8(2)5-12-13(16)15(10(4)14-12)11-6-9(3)7-11/h8-12,14H,5-7H2,1-4H3. The Labute approximate surface area is 98.6 Å². The van der Waals surface area contributed by atoms with Crippen LogP contribution in [0.4, 0.5) is 0 Å². The summed E-state index contributed by atoms with van der Waals surface area (Å²) in [5.41, 5.74) is 0. The minimum Gasteiger partial charge on any atom is -0.323 e. The van der Waals surface area contributed by atoms with Crippen LogP contribution in [0.5, 0.6) is 0 Å². The van der Waals surface area contributed by atoms with Crippen molar-refractivity contribution in [2.75, 3.05) is 0 Å². The summed E-state index contributed by atoms with van der Waals surface area (Å²) in [6.45, 7) is 8.73. The summed E-state index contributed by atoms with van der Waals surface area (Å²) in [5, 5.41) is 3.43. The van der Waals surface area contributed by atoms with Crippen LogP contribution in [0.15, 0.2) is 0 Å². The van der Waals surface area contributed by atoms with Crippen LogP contribution in [0, 0.1) is 11.8 Å². The third-order valence-electron chi connectivity index (χ3n) is 3.86. The van der Waals surface area contributed by atoms with Crippen LogP contribution in [0.25, 0.3) is 0 Å². The second kappa shape index (κ2) is 4.36. The molecule has 2 fully saturated rings. The van der Waals surface area contributed by atoms with Gasteiger partial charge in [0.1, 0.15) is 0 Å². The van der Waals surface area contributed by atoms with E-state index < -0.39 is 0 Å². The topological polar surface area (TPSA) is 32.3 Å². The summed E-state index contributed by atoms with van der Waals surface area (Å²) in [4.78, 5) is 14.3. The predicted octanol–water partition coefficient (Wildman–Crippen LogP) is 1.98. The van der Waals surface area contributed by atoms with Gasteiger partial charge in [-0.1, -0.05) is 20.8 Å². The van der Waals surface area contributed by atoms with Crippen molar-refractivity contribution in [3.8, 4) is 0 Å². The molecule has 92 valence electrons. The molecule has 1 aliphatic heterocycles. The van der Waals surface area contributed by atoms with Gasteiger partial charge in [0.2, 0.25) is 5.91 Å². The molecule has 0 aromatic carbocycles. The maximum atomic E-state index is 12.3. The van der Waals surface area contributed by atoms with E-state index in [1.807, 2.05) is 0 Å². The molecule has 0 radical (unpaired) electrons. The molecule has 0 spiro atoms. The Balaban J connectivity index is 1.97. The normalized spacial score (nSPS) is 39.3. The molecule has 0 aromatic heterocycles. The smallest absolute Gasteiger partial charge is 0.241 e. The highest BCUT2D eigenvalue weighted by Gasteiger charge is 2.43. The Morgan fingerprint density at radius 2 is 2.00 bits per heavy atom. The Hall–Kier alpha value is -0.570. The minimum atomic E-state index is 0.0610. The van der Waals surface area contributed by atoms with Gasteiger partial charge in [-0.05, 0) is 38.0 Å². The Morgan fingerprint density at radius 1 is 1.38 bits per heavy atom. The van der Waals surface area contributed by atoms with Gasteiger partial charge in [-0.2, -0.15) is 0 Å². The maximum absolute atomic E-state index is 12.3. The van der Waals surface area contributed by atoms with Gasteiger partial charge < -0.3 is 4.90 Å². The molecule has 1 saturated heterocycles.